The number of hydrogen-bond acceptors (Lipinski definition) is 4. The summed E-state index contributed by atoms with van der Waals surface area (Å²) in [6, 6.07) is 0. The third-order valence-corrected chi connectivity index (χ3v) is 4.87. The highest BCUT2D eigenvalue weighted by molar-refractivity contribution is 7.81. The lowest BCUT2D eigenvalue weighted by Crippen LogP contribution is -2.18. The van der Waals surface area contributed by atoms with Crippen molar-refractivity contribution in [1.82, 2.24) is 9.88 Å². The maximum atomic E-state index is 5.79. The highest BCUT2D eigenvalue weighted by Gasteiger charge is 2.30. The lowest BCUT2D eigenvalue weighted by atomic mass is 10.2. The van der Waals surface area contributed by atoms with Crippen LogP contribution in [0.2, 0.25) is 0 Å². The van der Waals surface area contributed by atoms with Gasteiger partial charge in [0.15, 0.2) is 0 Å². The number of rotatable bonds is 4. The van der Waals surface area contributed by atoms with Crippen molar-refractivity contribution in [3.63, 3.8) is 0 Å². The van der Waals surface area contributed by atoms with Gasteiger partial charge in [0.2, 0.25) is 0 Å². The van der Waals surface area contributed by atoms with Gasteiger partial charge in [-0.1, -0.05) is 12.2 Å². The minimum atomic E-state index is 0.525. The van der Waals surface area contributed by atoms with Crippen molar-refractivity contribution < 1.29 is 0 Å². The van der Waals surface area contributed by atoms with E-state index in [0.717, 1.165) is 11.4 Å². The first-order valence-electron chi connectivity index (χ1n) is 6.26. The smallest absolute Gasteiger partial charge is 0.116 e. The van der Waals surface area contributed by atoms with E-state index in [1.165, 1.54) is 49.5 Å². The van der Waals surface area contributed by atoms with Crippen LogP contribution in [-0.4, -0.2) is 28.0 Å². The Labute approximate surface area is 111 Å². The van der Waals surface area contributed by atoms with Crippen molar-refractivity contribution in [2.45, 2.75) is 38.1 Å². The molecule has 5 heteroatoms. The minimum Gasteiger partial charge on any atom is -0.389 e. The first-order valence-corrected chi connectivity index (χ1v) is 7.48. The molecule has 1 aliphatic heterocycles. The van der Waals surface area contributed by atoms with Crippen molar-refractivity contribution in [3.05, 3.63) is 15.6 Å². The molecule has 1 saturated heterocycles. The minimum absolute atomic E-state index is 0.525. The SMILES string of the molecule is NC(=S)c1sc(CN2CCCC2)nc1C1CC1. The normalized spacial score (nSPS) is 20.9. The number of thiocarbonyl (C=S) groups is 1. The van der Waals surface area contributed by atoms with E-state index >= 15 is 0 Å². The predicted octanol–water partition coefficient (Wildman–Crippen LogP) is 2.25. The Morgan fingerprint density at radius 1 is 1.41 bits per heavy atom. The van der Waals surface area contributed by atoms with Gasteiger partial charge in [0.1, 0.15) is 10.00 Å². The Hall–Kier alpha value is -0.520. The summed E-state index contributed by atoms with van der Waals surface area (Å²) in [4.78, 5) is 8.83. The molecule has 1 aromatic heterocycles. The third-order valence-electron chi connectivity index (χ3n) is 3.44. The topological polar surface area (TPSA) is 42.1 Å². The Morgan fingerprint density at radius 3 is 2.71 bits per heavy atom. The molecule has 92 valence electrons. The molecule has 0 atom stereocenters. The third kappa shape index (κ3) is 2.51. The van der Waals surface area contributed by atoms with Crippen LogP contribution in [0.5, 0.6) is 0 Å². The zero-order valence-corrected chi connectivity index (χ0v) is 11.4. The Bertz CT molecular complexity index is 431. The van der Waals surface area contributed by atoms with E-state index in [0.29, 0.717) is 10.9 Å². The first kappa shape index (κ1) is 11.6. The van der Waals surface area contributed by atoms with Crippen molar-refractivity contribution >= 4 is 28.5 Å². The van der Waals surface area contributed by atoms with Gasteiger partial charge in [-0.2, -0.15) is 0 Å². The fourth-order valence-electron chi connectivity index (χ4n) is 2.39. The molecule has 2 N–H and O–H groups in total. The van der Waals surface area contributed by atoms with Crippen LogP contribution in [0.25, 0.3) is 0 Å². The Morgan fingerprint density at radius 2 is 2.12 bits per heavy atom. The number of likely N-dealkylation sites (tertiary alicyclic amines) is 1. The Balaban J connectivity index is 1.79. The standard InChI is InChI=1S/C12H17N3S2/c13-12(16)11-10(8-3-4-8)14-9(17-11)7-15-5-1-2-6-15/h8H,1-7H2,(H2,13,16). The number of thiazole rings is 1. The van der Waals surface area contributed by atoms with Crippen molar-refractivity contribution in [3.8, 4) is 0 Å². The predicted molar refractivity (Wildman–Crippen MR) is 74.5 cm³/mol. The van der Waals surface area contributed by atoms with Gasteiger partial charge in [0.25, 0.3) is 0 Å². The van der Waals surface area contributed by atoms with E-state index in [1.54, 1.807) is 11.3 Å². The molecular weight excluding hydrogens is 250 g/mol. The summed E-state index contributed by atoms with van der Waals surface area (Å²) >= 11 is 6.83. The van der Waals surface area contributed by atoms with Gasteiger partial charge < -0.3 is 5.73 Å². The van der Waals surface area contributed by atoms with E-state index in [1.807, 2.05) is 0 Å². The van der Waals surface area contributed by atoms with Crippen LogP contribution in [-0.2, 0) is 6.54 Å². The second-order valence-corrected chi connectivity index (χ2v) is 6.47. The average molecular weight is 267 g/mol. The molecule has 0 amide bonds. The summed E-state index contributed by atoms with van der Waals surface area (Å²) in [6.07, 6.45) is 5.15. The molecule has 0 spiro atoms. The fourth-order valence-corrected chi connectivity index (χ4v) is 3.66. The van der Waals surface area contributed by atoms with Gasteiger partial charge >= 0.3 is 0 Å². The van der Waals surface area contributed by atoms with Crippen LogP contribution in [0.3, 0.4) is 0 Å². The zero-order valence-electron chi connectivity index (χ0n) is 9.82. The molecule has 1 saturated carbocycles. The maximum Gasteiger partial charge on any atom is 0.116 e. The summed E-state index contributed by atoms with van der Waals surface area (Å²) in [6.45, 7) is 3.40. The van der Waals surface area contributed by atoms with Crippen molar-refractivity contribution in [2.24, 2.45) is 5.73 Å². The quantitative estimate of drug-likeness (QED) is 0.850. The van der Waals surface area contributed by atoms with Gasteiger partial charge in [-0.05, 0) is 38.8 Å². The van der Waals surface area contributed by atoms with Gasteiger partial charge in [-0.3, -0.25) is 4.90 Å². The Kier molecular flexibility index (Phi) is 3.15. The molecule has 0 bridgehead atoms. The van der Waals surface area contributed by atoms with Crippen LogP contribution >= 0.6 is 23.6 Å². The van der Waals surface area contributed by atoms with Gasteiger partial charge in [0.05, 0.1) is 17.1 Å². The van der Waals surface area contributed by atoms with E-state index in [-0.39, 0.29) is 0 Å². The largest absolute Gasteiger partial charge is 0.389 e. The molecule has 3 nitrogen and oxygen atoms in total. The molecular formula is C12H17N3S2. The lowest BCUT2D eigenvalue weighted by Gasteiger charge is -2.11. The lowest BCUT2D eigenvalue weighted by molar-refractivity contribution is 0.330. The van der Waals surface area contributed by atoms with Crippen LogP contribution in [0.4, 0.5) is 0 Å². The van der Waals surface area contributed by atoms with E-state index in [9.17, 15) is 0 Å². The molecule has 0 aromatic carbocycles. The number of aromatic nitrogens is 1. The second kappa shape index (κ2) is 4.63. The van der Waals surface area contributed by atoms with Crippen molar-refractivity contribution in [2.75, 3.05) is 13.1 Å². The summed E-state index contributed by atoms with van der Waals surface area (Å²) < 4.78 is 0. The number of nitrogens with two attached hydrogens (primary N) is 1. The first-order chi connectivity index (χ1) is 8.24. The molecule has 2 aliphatic rings. The number of hydrogen-bond donors (Lipinski definition) is 1. The molecule has 1 aromatic rings. The molecule has 0 unspecified atom stereocenters. The van der Waals surface area contributed by atoms with E-state index in [4.69, 9.17) is 22.9 Å². The molecule has 3 rings (SSSR count). The summed E-state index contributed by atoms with van der Waals surface area (Å²) in [5.74, 6) is 0.634. The van der Waals surface area contributed by atoms with E-state index < -0.39 is 0 Å². The van der Waals surface area contributed by atoms with Crippen LogP contribution in [0.15, 0.2) is 0 Å². The second-order valence-electron chi connectivity index (χ2n) is 4.94. The monoisotopic (exact) mass is 267 g/mol. The van der Waals surface area contributed by atoms with Gasteiger partial charge in [-0.25, -0.2) is 4.98 Å². The van der Waals surface area contributed by atoms with Gasteiger partial charge in [0, 0.05) is 5.92 Å². The van der Waals surface area contributed by atoms with Crippen molar-refractivity contribution in [1.29, 1.82) is 0 Å². The number of nitrogens with zero attached hydrogens (tertiary/aromatic N) is 2. The van der Waals surface area contributed by atoms with Gasteiger partial charge in [-0.15, -0.1) is 11.3 Å². The molecule has 17 heavy (non-hydrogen) atoms. The maximum absolute atomic E-state index is 5.79. The summed E-state index contributed by atoms with van der Waals surface area (Å²) in [5, 5.41) is 1.19. The summed E-state index contributed by atoms with van der Waals surface area (Å²) in [7, 11) is 0. The molecule has 2 heterocycles. The molecule has 0 radical (unpaired) electrons. The molecule has 2 fully saturated rings. The van der Waals surface area contributed by atoms with E-state index in [2.05, 4.69) is 4.90 Å². The zero-order chi connectivity index (χ0) is 11.8. The van der Waals surface area contributed by atoms with Crippen LogP contribution in [0.1, 0.15) is 47.2 Å². The summed E-state index contributed by atoms with van der Waals surface area (Å²) in [5.41, 5.74) is 6.97. The average Bonchev–Trinajstić information content (AvgIpc) is 2.86. The fraction of sp³-hybridized carbons (Fsp3) is 0.667. The molecule has 1 aliphatic carbocycles. The van der Waals surface area contributed by atoms with Crippen LogP contribution < -0.4 is 5.73 Å². The highest BCUT2D eigenvalue weighted by atomic mass is 32.1. The van der Waals surface area contributed by atoms with Crippen LogP contribution in [0, 0.1) is 0 Å². The highest BCUT2D eigenvalue weighted by Crippen LogP contribution is 2.42.